The van der Waals surface area contributed by atoms with Crippen LogP contribution < -0.4 is 4.72 Å². The van der Waals surface area contributed by atoms with Crippen molar-refractivity contribution >= 4 is 49.3 Å². The first-order chi connectivity index (χ1) is 9.47. The monoisotopic (exact) mass is 400 g/mol. The molecule has 1 aromatic heterocycles. The minimum Gasteiger partial charge on any atom is -0.242 e. The molecule has 8 heteroatoms. The fraction of sp³-hybridized carbons (Fsp3) is 0.583. The summed E-state index contributed by atoms with van der Waals surface area (Å²) >= 11 is 10.8. The molecule has 0 fully saturated rings. The van der Waals surface area contributed by atoms with Crippen molar-refractivity contribution in [3.63, 3.8) is 0 Å². The molecule has 0 aromatic carbocycles. The van der Waals surface area contributed by atoms with Gasteiger partial charge in [-0.3, -0.25) is 0 Å². The normalized spacial score (nSPS) is 11.8. The van der Waals surface area contributed by atoms with Gasteiger partial charge < -0.3 is 0 Å². The zero-order chi connectivity index (χ0) is 15.0. The van der Waals surface area contributed by atoms with Crippen molar-refractivity contribution in [3.05, 3.63) is 21.9 Å². The van der Waals surface area contributed by atoms with Crippen molar-refractivity contribution < 1.29 is 8.42 Å². The Morgan fingerprint density at radius 2 is 2.05 bits per heavy atom. The van der Waals surface area contributed by atoms with Crippen LogP contribution in [0.4, 0.5) is 0 Å². The van der Waals surface area contributed by atoms with E-state index in [2.05, 4.69) is 31.9 Å². The first-order valence-corrected chi connectivity index (χ1v) is 10.3. The molecule has 0 aliphatic carbocycles. The van der Waals surface area contributed by atoms with E-state index in [-0.39, 0.29) is 10.0 Å². The third kappa shape index (κ3) is 6.30. The maximum absolute atomic E-state index is 12.1. The van der Waals surface area contributed by atoms with E-state index in [9.17, 15) is 8.42 Å². The predicted molar refractivity (Wildman–Crippen MR) is 89.0 cm³/mol. The molecular formula is C12H18BrClN2O2S2. The highest BCUT2D eigenvalue weighted by atomic mass is 79.9. The fourth-order valence-corrected chi connectivity index (χ4v) is 4.11. The summed E-state index contributed by atoms with van der Waals surface area (Å²) in [6, 6.07) is 1.45. The predicted octanol–water partition coefficient (Wildman–Crippen LogP) is 3.70. The number of hydrogen-bond donors (Lipinski definition) is 1. The number of pyridine rings is 1. The Morgan fingerprint density at radius 1 is 1.35 bits per heavy atom. The molecule has 114 valence electrons. The summed E-state index contributed by atoms with van der Waals surface area (Å²) in [5.41, 5.74) is 0. The van der Waals surface area contributed by atoms with E-state index in [4.69, 9.17) is 11.6 Å². The summed E-state index contributed by atoms with van der Waals surface area (Å²) in [7, 11) is -3.59. The molecule has 0 aliphatic rings. The van der Waals surface area contributed by atoms with E-state index in [1.54, 1.807) is 0 Å². The molecule has 0 radical (unpaired) electrons. The molecule has 4 nitrogen and oxygen atoms in total. The van der Waals surface area contributed by atoms with Crippen LogP contribution in [0.3, 0.4) is 0 Å². The van der Waals surface area contributed by atoms with Crippen LogP contribution >= 0.6 is 39.3 Å². The van der Waals surface area contributed by atoms with Gasteiger partial charge in [0.15, 0.2) is 0 Å². The first kappa shape index (κ1) is 18.2. The zero-order valence-corrected chi connectivity index (χ0v) is 15.2. The van der Waals surface area contributed by atoms with E-state index in [0.29, 0.717) is 11.0 Å². The van der Waals surface area contributed by atoms with Crippen molar-refractivity contribution in [2.75, 3.05) is 18.6 Å². The molecule has 0 atom stereocenters. The average molecular weight is 402 g/mol. The Kier molecular flexibility index (Phi) is 8.43. The van der Waals surface area contributed by atoms with Crippen LogP contribution in [0.25, 0.3) is 0 Å². The van der Waals surface area contributed by atoms with Gasteiger partial charge in [0.1, 0.15) is 10.0 Å². The van der Waals surface area contributed by atoms with Crippen molar-refractivity contribution in [1.29, 1.82) is 0 Å². The van der Waals surface area contributed by atoms with E-state index >= 15 is 0 Å². The second-order valence-electron chi connectivity index (χ2n) is 4.25. The lowest BCUT2D eigenvalue weighted by molar-refractivity contribution is 0.573. The summed E-state index contributed by atoms with van der Waals surface area (Å²) in [5, 5.41) is -0.0133. The third-order valence-corrected chi connectivity index (χ3v) is 5.65. The Bertz CT molecular complexity index is 526. The van der Waals surface area contributed by atoms with Crippen LogP contribution in [0.1, 0.15) is 25.7 Å². The molecule has 0 saturated carbocycles. The molecule has 1 N–H and O–H groups in total. The van der Waals surface area contributed by atoms with E-state index in [0.717, 1.165) is 25.0 Å². The molecular weight excluding hydrogens is 384 g/mol. The summed E-state index contributed by atoms with van der Waals surface area (Å²) in [4.78, 5) is 3.83. The van der Waals surface area contributed by atoms with Crippen LogP contribution in [0.15, 0.2) is 21.6 Å². The second kappa shape index (κ2) is 9.25. The molecule has 0 bridgehead atoms. The maximum Gasteiger partial charge on any atom is 0.243 e. The Morgan fingerprint density at radius 3 is 2.75 bits per heavy atom. The van der Waals surface area contributed by atoms with Crippen LogP contribution in [0.5, 0.6) is 0 Å². The number of unbranched alkanes of at least 4 members (excludes halogenated alkanes) is 3. The van der Waals surface area contributed by atoms with Crippen molar-refractivity contribution in [2.24, 2.45) is 0 Å². The van der Waals surface area contributed by atoms with Gasteiger partial charge in [0.25, 0.3) is 0 Å². The zero-order valence-electron chi connectivity index (χ0n) is 11.2. The summed E-state index contributed by atoms with van der Waals surface area (Å²) < 4.78 is 27.3. The second-order valence-corrected chi connectivity index (χ2v) is 8.24. The molecule has 1 heterocycles. The molecule has 0 amide bonds. The van der Waals surface area contributed by atoms with Crippen molar-refractivity contribution in [2.45, 2.75) is 30.6 Å². The lowest BCUT2D eigenvalue weighted by atomic mass is 10.2. The van der Waals surface area contributed by atoms with Gasteiger partial charge in [-0.05, 0) is 46.8 Å². The van der Waals surface area contributed by atoms with Gasteiger partial charge in [-0.2, -0.15) is 11.8 Å². The van der Waals surface area contributed by atoms with Gasteiger partial charge in [0.05, 0.1) is 0 Å². The Balaban J connectivity index is 2.44. The fourth-order valence-electron chi connectivity index (χ4n) is 1.60. The molecule has 1 aromatic rings. The van der Waals surface area contributed by atoms with Gasteiger partial charge >= 0.3 is 0 Å². The van der Waals surface area contributed by atoms with E-state index < -0.39 is 10.0 Å². The van der Waals surface area contributed by atoms with Crippen molar-refractivity contribution in [1.82, 2.24) is 9.71 Å². The summed E-state index contributed by atoms with van der Waals surface area (Å²) in [6.07, 6.45) is 7.70. The smallest absolute Gasteiger partial charge is 0.242 e. The number of nitrogens with one attached hydrogen (secondary N) is 1. The minimum atomic E-state index is -3.59. The number of rotatable bonds is 9. The van der Waals surface area contributed by atoms with E-state index in [1.807, 2.05) is 11.8 Å². The van der Waals surface area contributed by atoms with Gasteiger partial charge in [-0.15, -0.1) is 0 Å². The van der Waals surface area contributed by atoms with Crippen LogP contribution in [-0.4, -0.2) is 32.0 Å². The van der Waals surface area contributed by atoms with Gasteiger partial charge in [-0.25, -0.2) is 18.1 Å². The van der Waals surface area contributed by atoms with Crippen LogP contribution in [0, 0.1) is 0 Å². The van der Waals surface area contributed by atoms with Gasteiger partial charge in [0.2, 0.25) is 10.0 Å². The highest BCUT2D eigenvalue weighted by Crippen LogP contribution is 2.22. The SMILES string of the molecule is CSCCCCCCNS(=O)(=O)c1cc(Br)cnc1Cl. The number of aromatic nitrogens is 1. The molecule has 0 saturated heterocycles. The quantitative estimate of drug-likeness (QED) is 0.506. The number of hydrogen-bond acceptors (Lipinski definition) is 4. The number of halogens is 2. The highest BCUT2D eigenvalue weighted by Gasteiger charge is 2.18. The summed E-state index contributed by atoms with van der Waals surface area (Å²) in [6.45, 7) is 0.421. The van der Waals surface area contributed by atoms with Crippen LogP contribution in [0.2, 0.25) is 5.15 Å². The first-order valence-electron chi connectivity index (χ1n) is 6.27. The average Bonchev–Trinajstić information content (AvgIpc) is 2.40. The molecule has 0 unspecified atom stereocenters. The van der Waals surface area contributed by atoms with Crippen molar-refractivity contribution in [3.8, 4) is 0 Å². The molecule has 0 aliphatic heterocycles. The molecule has 0 spiro atoms. The Hall–Kier alpha value is 0.180. The highest BCUT2D eigenvalue weighted by molar-refractivity contribution is 9.10. The largest absolute Gasteiger partial charge is 0.243 e. The third-order valence-electron chi connectivity index (χ3n) is 2.63. The molecule has 20 heavy (non-hydrogen) atoms. The minimum absolute atomic E-state index is 0.0101. The topological polar surface area (TPSA) is 59.1 Å². The Labute approximate surface area is 138 Å². The lowest BCUT2D eigenvalue weighted by Gasteiger charge is -2.08. The van der Waals surface area contributed by atoms with Gasteiger partial charge in [-0.1, -0.05) is 24.4 Å². The summed E-state index contributed by atoms with van der Waals surface area (Å²) in [5.74, 6) is 1.16. The molecule has 1 rings (SSSR count). The standard InChI is InChI=1S/C12H18BrClN2O2S2/c1-19-7-5-3-2-4-6-16-20(17,18)11-8-10(13)9-15-12(11)14/h8-9,16H,2-7H2,1H3. The van der Waals surface area contributed by atoms with E-state index in [1.165, 1.54) is 18.7 Å². The maximum atomic E-state index is 12.1. The number of nitrogens with zero attached hydrogens (tertiary/aromatic N) is 1. The number of sulfonamides is 1. The lowest BCUT2D eigenvalue weighted by Crippen LogP contribution is -2.25. The number of thioether (sulfide) groups is 1. The van der Waals surface area contributed by atoms with Gasteiger partial charge in [0, 0.05) is 17.2 Å². The van der Waals surface area contributed by atoms with Crippen LogP contribution in [-0.2, 0) is 10.0 Å².